The molecule has 3 aromatic carbocycles. The minimum atomic E-state index is -0.340. The van der Waals surface area contributed by atoms with Gasteiger partial charge in [-0.25, -0.2) is 4.90 Å². The molecule has 1 heterocycles. The van der Waals surface area contributed by atoms with Crippen LogP contribution in [0.5, 0.6) is 0 Å². The second-order valence-electron chi connectivity index (χ2n) is 7.79. The standard InChI is InChI=1S/C26H24N2O2/c1-16-10-13-20(14-11-16)23-24(27-21-8-6-5-7-18(21)3)26(30)28(25(23)29)22-15-17(2)9-12-19(22)4/h5-15,27H,1-4H3. The minimum absolute atomic E-state index is 0.305. The maximum Gasteiger partial charge on any atom is 0.282 e. The van der Waals surface area contributed by atoms with Crippen molar-refractivity contribution in [2.75, 3.05) is 10.2 Å². The molecular weight excluding hydrogens is 372 g/mol. The molecule has 0 atom stereocenters. The van der Waals surface area contributed by atoms with E-state index in [0.717, 1.165) is 33.5 Å². The van der Waals surface area contributed by atoms with Crippen LogP contribution in [0.25, 0.3) is 5.57 Å². The van der Waals surface area contributed by atoms with Crippen LogP contribution in [0.4, 0.5) is 11.4 Å². The molecule has 0 aliphatic carbocycles. The number of amides is 2. The Labute approximate surface area is 176 Å². The van der Waals surface area contributed by atoms with Gasteiger partial charge in [-0.15, -0.1) is 0 Å². The van der Waals surface area contributed by atoms with E-state index in [0.29, 0.717) is 17.0 Å². The van der Waals surface area contributed by atoms with Crippen LogP contribution in [0, 0.1) is 27.7 Å². The summed E-state index contributed by atoms with van der Waals surface area (Å²) in [4.78, 5) is 28.4. The highest BCUT2D eigenvalue weighted by Crippen LogP contribution is 2.35. The highest BCUT2D eigenvalue weighted by atomic mass is 16.2. The normalized spacial score (nSPS) is 13.9. The van der Waals surface area contributed by atoms with E-state index >= 15 is 0 Å². The summed E-state index contributed by atoms with van der Waals surface area (Å²) >= 11 is 0. The second-order valence-corrected chi connectivity index (χ2v) is 7.79. The smallest absolute Gasteiger partial charge is 0.282 e. The van der Waals surface area contributed by atoms with E-state index < -0.39 is 0 Å². The minimum Gasteiger partial charge on any atom is -0.350 e. The lowest BCUT2D eigenvalue weighted by molar-refractivity contribution is -0.120. The highest BCUT2D eigenvalue weighted by Gasteiger charge is 2.40. The number of rotatable bonds is 4. The lowest BCUT2D eigenvalue weighted by Crippen LogP contribution is -2.33. The van der Waals surface area contributed by atoms with E-state index in [4.69, 9.17) is 0 Å². The molecule has 0 spiro atoms. The summed E-state index contributed by atoms with van der Waals surface area (Å²) in [5.74, 6) is -0.652. The number of hydrogen-bond donors (Lipinski definition) is 1. The van der Waals surface area contributed by atoms with Gasteiger partial charge in [0.2, 0.25) is 0 Å². The Hall–Kier alpha value is -3.66. The maximum absolute atomic E-state index is 13.6. The average molecular weight is 396 g/mol. The highest BCUT2D eigenvalue weighted by molar-refractivity contribution is 6.46. The molecular formula is C26H24N2O2. The number of benzene rings is 3. The molecule has 0 radical (unpaired) electrons. The molecule has 4 heteroatoms. The van der Waals surface area contributed by atoms with Gasteiger partial charge in [-0.1, -0.05) is 60.2 Å². The Morgan fingerprint density at radius 1 is 0.700 bits per heavy atom. The van der Waals surface area contributed by atoms with E-state index in [1.165, 1.54) is 4.90 Å². The van der Waals surface area contributed by atoms with Crippen molar-refractivity contribution in [3.63, 3.8) is 0 Å². The zero-order valence-electron chi connectivity index (χ0n) is 17.6. The third-order valence-corrected chi connectivity index (χ3v) is 5.43. The summed E-state index contributed by atoms with van der Waals surface area (Å²) in [7, 11) is 0. The quantitative estimate of drug-likeness (QED) is 0.608. The summed E-state index contributed by atoms with van der Waals surface area (Å²) in [6, 6.07) is 21.2. The van der Waals surface area contributed by atoms with Gasteiger partial charge in [0, 0.05) is 5.69 Å². The Kier molecular flexibility index (Phi) is 5.00. The van der Waals surface area contributed by atoms with Crippen molar-refractivity contribution in [2.45, 2.75) is 27.7 Å². The first kappa shape index (κ1) is 19.6. The zero-order chi connectivity index (χ0) is 21.4. The van der Waals surface area contributed by atoms with Gasteiger partial charge in [0.05, 0.1) is 11.3 Å². The second kappa shape index (κ2) is 7.64. The number of imide groups is 1. The number of anilines is 2. The van der Waals surface area contributed by atoms with Crippen molar-refractivity contribution in [1.29, 1.82) is 0 Å². The molecule has 0 saturated heterocycles. The van der Waals surface area contributed by atoms with Crippen LogP contribution < -0.4 is 10.2 Å². The van der Waals surface area contributed by atoms with Crippen LogP contribution in [0.15, 0.2) is 72.4 Å². The van der Waals surface area contributed by atoms with Crippen molar-refractivity contribution in [3.8, 4) is 0 Å². The van der Waals surface area contributed by atoms with Gasteiger partial charge in [0.1, 0.15) is 5.70 Å². The Morgan fingerprint density at radius 3 is 2.07 bits per heavy atom. The topological polar surface area (TPSA) is 49.4 Å². The predicted molar refractivity (Wildman–Crippen MR) is 121 cm³/mol. The third-order valence-electron chi connectivity index (χ3n) is 5.43. The first-order chi connectivity index (χ1) is 14.4. The number of carbonyl (C=O) groups excluding carboxylic acids is 2. The van der Waals surface area contributed by atoms with E-state index in [2.05, 4.69) is 5.32 Å². The number of aryl methyl sites for hydroxylation is 4. The van der Waals surface area contributed by atoms with Crippen LogP contribution in [0.2, 0.25) is 0 Å². The van der Waals surface area contributed by atoms with E-state index in [1.807, 2.05) is 94.4 Å². The van der Waals surface area contributed by atoms with Gasteiger partial charge in [-0.2, -0.15) is 0 Å². The zero-order valence-corrected chi connectivity index (χ0v) is 17.6. The summed E-state index contributed by atoms with van der Waals surface area (Å²) in [6.45, 7) is 7.83. The van der Waals surface area contributed by atoms with Crippen molar-refractivity contribution in [3.05, 3.63) is 100 Å². The van der Waals surface area contributed by atoms with E-state index in [-0.39, 0.29) is 11.8 Å². The number of carbonyl (C=O) groups is 2. The van der Waals surface area contributed by atoms with Gasteiger partial charge in [0.15, 0.2) is 0 Å². The average Bonchev–Trinajstić information content (AvgIpc) is 2.96. The van der Waals surface area contributed by atoms with Crippen molar-refractivity contribution < 1.29 is 9.59 Å². The van der Waals surface area contributed by atoms with Crippen LogP contribution in [0.3, 0.4) is 0 Å². The molecule has 0 fully saturated rings. The first-order valence-corrected chi connectivity index (χ1v) is 9.97. The Balaban J connectivity index is 1.87. The van der Waals surface area contributed by atoms with Crippen LogP contribution in [-0.4, -0.2) is 11.8 Å². The molecule has 4 nitrogen and oxygen atoms in total. The molecule has 3 aromatic rings. The SMILES string of the molecule is Cc1ccc(C2=C(Nc3ccccc3C)C(=O)N(c3cc(C)ccc3C)C2=O)cc1. The molecule has 1 aliphatic heterocycles. The molecule has 0 aromatic heterocycles. The number of para-hydroxylation sites is 1. The number of hydrogen-bond acceptors (Lipinski definition) is 3. The fourth-order valence-corrected chi connectivity index (χ4v) is 3.66. The van der Waals surface area contributed by atoms with Crippen molar-refractivity contribution in [1.82, 2.24) is 0 Å². The molecule has 30 heavy (non-hydrogen) atoms. The van der Waals surface area contributed by atoms with Gasteiger partial charge in [-0.3, -0.25) is 9.59 Å². The van der Waals surface area contributed by atoms with Crippen LogP contribution in [-0.2, 0) is 9.59 Å². The van der Waals surface area contributed by atoms with Gasteiger partial charge >= 0.3 is 0 Å². The fraction of sp³-hybridized carbons (Fsp3) is 0.154. The van der Waals surface area contributed by atoms with Crippen LogP contribution in [0.1, 0.15) is 27.8 Å². The fourth-order valence-electron chi connectivity index (χ4n) is 3.66. The molecule has 0 unspecified atom stereocenters. The van der Waals surface area contributed by atoms with Gasteiger partial charge in [0.25, 0.3) is 11.8 Å². The molecule has 0 bridgehead atoms. The summed E-state index contributed by atoms with van der Waals surface area (Å²) in [5.41, 5.74) is 6.81. The molecule has 0 saturated carbocycles. The molecule has 1 N–H and O–H groups in total. The predicted octanol–water partition coefficient (Wildman–Crippen LogP) is 5.32. The lowest BCUT2D eigenvalue weighted by Gasteiger charge is -2.18. The van der Waals surface area contributed by atoms with Crippen LogP contribution >= 0.6 is 0 Å². The largest absolute Gasteiger partial charge is 0.350 e. The molecule has 1 aliphatic rings. The summed E-state index contributed by atoms with van der Waals surface area (Å²) in [6.07, 6.45) is 0. The Bertz CT molecular complexity index is 1190. The van der Waals surface area contributed by atoms with Crippen molar-refractivity contribution in [2.24, 2.45) is 0 Å². The lowest BCUT2D eigenvalue weighted by atomic mass is 10.0. The molecule has 4 rings (SSSR count). The Morgan fingerprint density at radius 2 is 1.37 bits per heavy atom. The number of nitrogens with one attached hydrogen (secondary N) is 1. The molecule has 2 amide bonds. The van der Waals surface area contributed by atoms with Gasteiger partial charge < -0.3 is 5.32 Å². The third kappa shape index (κ3) is 3.41. The summed E-state index contributed by atoms with van der Waals surface area (Å²) < 4.78 is 0. The first-order valence-electron chi connectivity index (χ1n) is 9.97. The molecule has 150 valence electrons. The van der Waals surface area contributed by atoms with Crippen molar-refractivity contribution >= 4 is 28.8 Å². The monoisotopic (exact) mass is 396 g/mol. The van der Waals surface area contributed by atoms with E-state index in [9.17, 15) is 9.59 Å². The summed E-state index contributed by atoms with van der Waals surface area (Å²) in [5, 5.41) is 3.25. The maximum atomic E-state index is 13.6. The number of nitrogens with zero attached hydrogens (tertiary/aromatic N) is 1. The van der Waals surface area contributed by atoms with E-state index in [1.54, 1.807) is 0 Å². The van der Waals surface area contributed by atoms with Gasteiger partial charge in [-0.05, 0) is 62.1 Å².